The number of aliphatic hydroxyl groups is 1. The third kappa shape index (κ3) is 3.58. The molecule has 5 heteroatoms. The molecule has 112 valence electrons. The molecule has 1 fully saturated rings. The first-order valence-corrected chi connectivity index (χ1v) is 7.91. The second-order valence-corrected chi connectivity index (χ2v) is 6.45. The van der Waals surface area contributed by atoms with Gasteiger partial charge in [0.1, 0.15) is 12.4 Å². The summed E-state index contributed by atoms with van der Waals surface area (Å²) < 4.78 is 13.4. The van der Waals surface area contributed by atoms with E-state index in [0.29, 0.717) is 22.9 Å². The molecule has 0 saturated carbocycles. The molecule has 1 amide bonds. The van der Waals surface area contributed by atoms with Crippen molar-refractivity contribution in [3.63, 3.8) is 0 Å². The standard InChI is InChI=1S/C16H18FNO2S/c1-11-12(2)21-9-7-18(11)16(20)15-6-5-14(17)10-13(15)4-3-8-19/h5-6,10-12,19H,7-9H2,1-2H3. The van der Waals surface area contributed by atoms with Gasteiger partial charge in [0.25, 0.3) is 5.91 Å². The summed E-state index contributed by atoms with van der Waals surface area (Å²) in [6.07, 6.45) is 0. The number of carbonyl (C=O) groups excluding carboxylic acids is 1. The van der Waals surface area contributed by atoms with Gasteiger partial charge in [0.05, 0.1) is 5.56 Å². The van der Waals surface area contributed by atoms with Crippen LogP contribution >= 0.6 is 11.8 Å². The Bertz CT molecular complexity index is 594. The van der Waals surface area contributed by atoms with E-state index in [9.17, 15) is 9.18 Å². The van der Waals surface area contributed by atoms with Crippen molar-refractivity contribution in [2.24, 2.45) is 0 Å². The first kappa shape index (κ1) is 15.9. The molecule has 1 aromatic carbocycles. The Morgan fingerprint density at radius 2 is 2.29 bits per heavy atom. The number of halogens is 1. The van der Waals surface area contributed by atoms with Crippen LogP contribution in [0, 0.1) is 17.7 Å². The first-order valence-electron chi connectivity index (χ1n) is 6.86. The van der Waals surface area contributed by atoms with Crippen LogP contribution in [0.3, 0.4) is 0 Å². The van der Waals surface area contributed by atoms with Crippen molar-refractivity contribution in [1.29, 1.82) is 0 Å². The molecule has 0 aliphatic carbocycles. The van der Waals surface area contributed by atoms with E-state index in [2.05, 4.69) is 18.8 Å². The molecule has 2 rings (SSSR count). The number of thioether (sulfide) groups is 1. The molecule has 1 saturated heterocycles. The lowest BCUT2D eigenvalue weighted by molar-refractivity contribution is 0.0698. The minimum atomic E-state index is -0.440. The average Bonchev–Trinajstić information content (AvgIpc) is 2.47. The average molecular weight is 307 g/mol. The zero-order valence-electron chi connectivity index (χ0n) is 12.1. The molecule has 1 N–H and O–H groups in total. The molecule has 0 radical (unpaired) electrons. The summed E-state index contributed by atoms with van der Waals surface area (Å²) >= 11 is 1.85. The zero-order valence-corrected chi connectivity index (χ0v) is 12.9. The van der Waals surface area contributed by atoms with Crippen molar-refractivity contribution in [1.82, 2.24) is 4.90 Å². The van der Waals surface area contributed by atoms with Gasteiger partial charge >= 0.3 is 0 Å². The molecule has 1 aliphatic rings. The number of amides is 1. The summed E-state index contributed by atoms with van der Waals surface area (Å²) in [6, 6.07) is 4.10. The highest BCUT2D eigenvalue weighted by molar-refractivity contribution is 8.00. The Morgan fingerprint density at radius 1 is 1.52 bits per heavy atom. The van der Waals surface area contributed by atoms with Crippen LogP contribution in [0.15, 0.2) is 18.2 Å². The van der Waals surface area contributed by atoms with Gasteiger partial charge in [0.2, 0.25) is 0 Å². The van der Waals surface area contributed by atoms with Gasteiger partial charge in [-0.2, -0.15) is 11.8 Å². The molecule has 0 bridgehead atoms. The number of hydrogen-bond donors (Lipinski definition) is 1. The van der Waals surface area contributed by atoms with E-state index in [1.165, 1.54) is 18.2 Å². The van der Waals surface area contributed by atoms with E-state index in [1.54, 1.807) is 0 Å². The normalized spacial score (nSPS) is 21.6. The highest BCUT2D eigenvalue weighted by atomic mass is 32.2. The molecule has 2 atom stereocenters. The van der Waals surface area contributed by atoms with E-state index < -0.39 is 5.82 Å². The molecule has 1 aliphatic heterocycles. The third-order valence-corrected chi connectivity index (χ3v) is 5.00. The van der Waals surface area contributed by atoms with Gasteiger partial charge in [-0.25, -0.2) is 4.39 Å². The molecule has 0 spiro atoms. The van der Waals surface area contributed by atoms with Crippen molar-refractivity contribution in [3.05, 3.63) is 35.1 Å². The molecule has 1 aromatic rings. The summed E-state index contributed by atoms with van der Waals surface area (Å²) in [4.78, 5) is 14.5. The maximum absolute atomic E-state index is 13.4. The number of hydrogen-bond acceptors (Lipinski definition) is 3. The van der Waals surface area contributed by atoms with E-state index >= 15 is 0 Å². The second kappa shape index (κ2) is 6.97. The first-order chi connectivity index (χ1) is 10.0. The largest absolute Gasteiger partial charge is 0.384 e. The van der Waals surface area contributed by atoms with Gasteiger partial charge < -0.3 is 10.0 Å². The molecule has 2 unspecified atom stereocenters. The lowest BCUT2D eigenvalue weighted by atomic mass is 10.0. The summed E-state index contributed by atoms with van der Waals surface area (Å²) in [6.45, 7) is 4.49. The Balaban J connectivity index is 2.34. The van der Waals surface area contributed by atoms with Crippen LogP contribution < -0.4 is 0 Å². The number of aliphatic hydroxyl groups excluding tert-OH is 1. The zero-order chi connectivity index (χ0) is 15.4. The summed E-state index contributed by atoms with van der Waals surface area (Å²) in [5.41, 5.74) is 0.718. The number of nitrogens with zero attached hydrogens (tertiary/aromatic N) is 1. The Kier molecular flexibility index (Phi) is 5.27. The topological polar surface area (TPSA) is 40.5 Å². The van der Waals surface area contributed by atoms with Gasteiger partial charge in [-0.05, 0) is 25.1 Å². The molecular formula is C16H18FNO2S. The smallest absolute Gasteiger partial charge is 0.255 e. The van der Waals surface area contributed by atoms with Gasteiger partial charge in [-0.1, -0.05) is 18.8 Å². The summed E-state index contributed by atoms with van der Waals surface area (Å²) in [5.74, 6) is 5.46. The third-order valence-electron chi connectivity index (χ3n) is 3.66. The van der Waals surface area contributed by atoms with E-state index in [-0.39, 0.29) is 18.6 Å². The maximum Gasteiger partial charge on any atom is 0.255 e. The van der Waals surface area contributed by atoms with Crippen molar-refractivity contribution in [3.8, 4) is 11.8 Å². The van der Waals surface area contributed by atoms with Crippen LogP contribution in [0.4, 0.5) is 4.39 Å². The molecule has 21 heavy (non-hydrogen) atoms. The lowest BCUT2D eigenvalue weighted by Gasteiger charge is -2.37. The fourth-order valence-corrected chi connectivity index (χ4v) is 3.41. The summed E-state index contributed by atoms with van der Waals surface area (Å²) in [5, 5.41) is 9.16. The lowest BCUT2D eigenvalue weighted by Crippen LogP contribution is -2.48. The minimum Gasteiger partial charge on any atom is -0.384 e. The van der Waals surface area contributed by atoms with Crippen LogP contribution in [-0.2, 0) is 0 Å². The maximum atomic E-state index is 13.4. The summed E-state index contributed by atoms with van der Waals surface area (Å²) in [7, 11) is 0. The number of rotatable bonds is 1. The number of carbonyl (C=O) groups is 1. The fourth-order valence-electron chi connectivity index (χ4n) is 2.32. The van der Waals surface area contributed by atoms with Crippen LogP contribution in [0.2, 0.25) is 0 Å². The van der Waals surface area contributed by atoms with E-state index in [1.807, 2.05) is 23.6 Å². The van der Waals surface area contributed by atoms with Crippen molar-refractivity contribution in [2.45, 2.75) is 25.1 Å². The molecule has 3 nitrogen and oxygen atoms in total. The highest BCUT2D eigenvalue weighted by Gasteiger charge is 2.30. The Labute approximate surface area is 128 Å². The minimum absolute atomic E-state index is 0.125. The molecule has 1 heterocycles. The van der Waals surface area contributed by atoms with Crippen LogP contribution in [0.5, 0.6) is 0 Å². The predicted molar refractivity (Wildman–Crippen MR) is 82.8 cm³/mol. The van der Waals surface area contributed by atoms with E-state index in [4.69, 9.17) is 5.11 Å². The molecular weight excluding hydrogens is 289 g/mol. The van der Waals surface area contributed by atoms with Gasteiger partial charge in [-0.15, -0.1) is 0 Å². The monoisotopic (exact) mass is 307 g/mol. The Hall–Kier alpha value is -1.51. The van der Waals surface area contributed by atoms with Crippen molar-refractivity contribution in [2.75, 3.05) is 18.9 Å². The fraction of sp³-hybridized carbons (Fsp3) is 0.438. The van der Waals surface area contributed by atoms with Gasteiger partial charge in [0, 0.05) is 29.2 Å². The predicted octanol–water partition coefficient (Wildman–Crippen LogP) is 2.14. The van der Waals surface area contributed by atoms with Crippen LogP contribution in [0.1, 0.15) is 29.8 Å². The second-order valence-electron chi connectivity index (χ2n) is 4.96. The van der Waals surface area contributed by atoms with Crippen LogP contribution in [-0.4, -0.2) is 46.1 Å². The SMILES string of the molecule is CC1SCCN(C(=O)c2ccc(F)cc2C#CCO)C1C. The quantitative estimate of drug-likeness (QED) is 0.808. The number of benzene rings is 1. The van der Waals surface area contributed by atoms with Crippen LogP contribution in [0.25, 0.3) is 0 Å². The van der Waals surface area contributed by atoms with Gasteiger partial charge in [-0.3, -0.25) is 4.79 Å². The van der Waals surface area contributed by atoms with Gasteiger partial charge in [0.15, 0.2) is 0 Å². The highest BCUT2D eigenvalue weighted by Crippen LogP contribution is 2.26. The molecule has 0 aromatic heterocycles. The Morgan fingerprint density at radius 3 is 3.00 bits per heavy atom. The van der Waals surface area contributed by atoms with Crippen molar-refractivity contribution >= 4 is 17.7 Å². The van der Waals surface area contributed by atoms with Crippen molar-refractivity contribution < 1.29 is 14.3 Å². The van der Waals surface area contributed by atoms with E-state index in [0.717, 1.165) is 5.75 Å².